The Kier molecular flexibility index (Phi) is 7.52. The van der Waals surface area contributed by atoms with Gasteiger partial charge in [-0.3, -0.25) is 9.59 Å². The molecule has 0 aliphatic carbocycles. The van der Waals surface area contributed by atoms with Crippen molar-refractivity contribution < 1.29 is 27.2 Å². The van der Waals surface area contributed by atoms with Crippen molar-refractivity contribution in [2.24, 2.45) is 0 Å². The summed E-state index contributed by atoms with van der Waals surface area (Å²) in [5.41, 5.74) is 0.703. The first kappa shape index (κ1) is 24.0. The second-order valence-electron chi connectivity index (χ2n) is 7.48. The smallest absolute Gasteiger partial charge is 0.418 e. The first-order valence-corrected chi connectivity index (χ1v) is 10.4. The van der Waals surface area contributed by atoms with E-state index in [2.05, 4.69) is 10.3 Å². The fourth-order valence-electron chi connectivity index (χ4n) is 3.23. The second kappa shape index (κ2) is 10.3. The summed E-state index contributed by atoms with van der Waals surface area (Å²) in [6.45, 7) is 3.54. The molecule has 174 valence electrons. The number of halogens is 3. The van der Waals surface area contributed by atoms with E-state index >= 15 is 0 Å². The van der Waals surface area contributed by atoms with Gasteiger partial charge in [0.25, 0.3) is 0 Å². The van der Waals surface area contributed by atoms with Gasteiger partial charge in [0, 0.05) is 24.9 Å². The third-order valence-electron chi connectivity index (χ3n) is 5.02. The Bertz CT molecular complexity index is 1110. The quantitative estimate of drug-likeness (QED) is 0.509. The van der Waals surface area contributed by atoms with Gasteiger partial charge < -0.3 is 14.6 Å². The van der Waals surface area contributed by atoms with Crippen molar-refractivity contribution in [3.05, 3.63) is 71.7 Å². The molecule has 0 aliphatic heterocycles. The van der Waals surface area contributed by atoms with Crippen LogP contribution in [0.25, 0.3) is 11.3 Å². The van der Waals surface area contributed by atoms with Crippen LogP contribution in [0.5, 0.6) is 0 Å². The van der Waals surface area contributed by atoms with E-state index in [0.717, 1.165) is 17.2 Å². The molecule has 2 aromatic carbocycles. The Hall–Kier alpha value is -3.62. The number of anilines is 1. The number of nitrogens with one attached hydrogen (secondary N) is 1. The van der Waals surface area contributed by atoms with Crippen LogP contribution in [0.4, 0.5) is 18.9 Å². The van der Waals surface area contributed by atoms with Gasteiger partial charge in [-0.2, -0.15) is 13.2 Å². The molecular formula is C24H24F3N3O3. The third kappa shape index (κ3) is 6.44. The number of aryl methyl sites for hydroxylation is 2. The fraction of sp³-hybridized carbons (Fsp3) is 0.292. The van der Waals surface area contributed by atoms with Crippen molar-refractivity contribution in [1.82, 2.24) is 9.88 Å². The number of likely N-dealkylation sites (N-methyl/N-ethyl adjacent to an activating group) is 1. The van der Waals surface area contributed by atoms with Crippen LogP contribution in [-0.4, -0.2) is 34.8 Å². The number of carbonyl (C=O) groups excluding carboxylic acids is 2. The maximum Gasteiger partial charge on any atom is 0.418 e. The number of carbonyl (C=O) groups is 2. The molecule has 0 bridgehead atoms. The molecule has 1 heterocycles. The van der Waals surface area contributed by atoms with E-state index in [1.807, 2.05) is 31.2 Å². The summed E-state index contributed by atoms with van der Waals surface area (Å²) in [6, 6.07) is 12.4. The summed E-state index contributed by atoms with van der Waals surface area (Å²) in [4.78, 5) is 30.4. The molecule has 0 unspecified atom stereocenters. The standard InChI is InChI=1S/C24H24F3N3O3/c1-3-30(15-21(31)29-19-7-5-4-6-18(19)24(25,26)27)23(32)13-12-22-28-14-20(33-22)17-10-8-16(2)9-11-17/h4-11,14H,3,12-13,15H2,1-2H3,(H,29,31). The molecular weight excluding hydrogens is 435 g/mol. The number of oxazole rings is 1. The lowest BCUT2D eigenvalue weighted by Crippen LogP contribution is -2.38. The third-order valence-corrected chi connectivity index (χ3v) is 5.02. The van der Waals surface area contributed by atoms with Crippen molar-refractivity contribution >= 4 is 17.5 Å². The Morgan fingerprint density at radius 2 is 1.79 bits per heavy atom. The second-order valence-corrected chi connectivity index (χ2v) is 7.48. The van der Waals surface area contributed by atoms with Gasteiger partial charge in [-0.1, -0.05) is 42.0 Å². The lowest BCUT2D eigenvalue weighted by Gasteiger charge is -2.21. The maximum absolute atomic E-state index is 13.1. The minimum Gasteiger partial charge on any atom is -0.441 e. The summed E-state index contributed by atoms with van der Waals surface area (Å²) < 4.78 is 45.1. The van der Waals surface area contributed by atoms with Gasteiger partial charge in [-0.25, -0.2) is 4.98 Å². The Labute approximate surface area is 189 Å². The van der Waals surface area contributed by atoms with E-state index in [-0.39, 0.29) is 37.5 Å². The molecule has 2 amide bonds. The minimum absolute atomic E-state index is 0.0497. The summed E-state index contributed by atoms with van der Waals surface area (Å²) in [5.74, 6) is -0.0578. The lowest BCUT2D eigenvalue weighted by molar-refractivity contribution is -0.137. The molecule has 6 nitrogen and oxygen atoms in total. The van der Waals surface area contributed by atoms with Crippen molar-refractivity contribution in [2.45, 2.75) is 32.9 Å². The molecule has 9 heteroatoms. The van der Waals surface area contributed by atoms with Gasteiger partial charge in [-0.15, -0.1) is 0 Å². The number of hydrogen-bond donors (Lipinski definition) is 1. The zero-order chi connectivity index (χ0) is 24.0. The summed E-state index contributed by atoms with van der Waals surface area (Å²) in [6.07, 6.45) is -2.72. The molecule has 0 atom stereocenters. The molecule has 1 N–H and O–H groups in total. The van der Waals surface area contributed by atoms with E-state index in [9.17, 15) is 22.8 Å². The Morgan fingerprint density at radius 3 is 2.45 bits per heavy atom. The highest BCUT2D eigenvalue weighted by molar-refractivity contribution is 5.95. The molecule has 3 rings (SSSR count). The highest BCUT2D eigenvalue weighted by Gasteiger charge is 2.33. The average Bonchev–Trinajstić information content (AvgIpc) is 3.25. The van der Waals surface area contributed by atoms with Crippen LogP contribution < -0.4 is 5.32 Å². The Balaban J connectivity index is 1.56. The molecule has 0 spiro atoms. The van der Waals surface area contributed by atoms with Gasteiger partial charge in [-0.05, 0) is 26.0 Å². The molecule has 0 fully saturated rings. The molecule has 0 saturated carbocycles. The predicted molar refractivity (Wildman–Crippen MR) is 117 cm³/mol. The molecule has 3 aromatic rings. The zero-order valence-electron chi connectivity index (χ0n) is 18.3. The highest BCUT2D eigenvalue weighted by Crippen LogP contribution is 2.34. The normalized spacial score (nSPS) is 11.3. The first-order chi connectivity index (χ1) is 15.7. The van der Waals surface area contributed by atoms with Crippen molar-refractivity contribution in [1.29, 1.82) is 0 Å². The number of hydrogen-bond acceptors (Lipinski definition) is 4. The predicted octanol–water partition coefficient (Wildman–Crippen LogP) is 5.09. The van der Waals surface area contributed by atoms with Crippen LogP contribution in [0, 0.1) is 6.92 Å². The minimum atomic E-state index is -4.60. The Morgan fingerprint density at radius 1 is 1.09 bits per heavy atom. The number of alkyl halides is 3. The monoisotopic (exact) mass is 459 g/mol. The van der Waals surface area contributed by atoms with Gasteiger partial charge >= 0.3 is 6.18 Å². The van der Waals surface area contributed by atoms with Crippen LogP contribution in [0.15, 0.2) is 59.1 Å². The van der Waals surface area contributed by atoms with E-state index in [0.29, 0.717) is 11.7 Å². The van der Waals surface area contributed by atoms with Crippen LogP contribution in [0.1, 0.15) is 30.4 Å². The SMILES string of the molecule is CCN(CC(=O)Nc1ccccc1C(F)(F)F)C(=O)CCc1ncc(-c2ccc(C)cc2)o1. The molecule has 0 radical (unpaired) electrons. The van der Waals surface area contributed by atoms with Gasteiger partial charge in [0.05, 0.1) is 24.0 Å². The number of rotatable bonds is 8. The topological polar surface area (TPSA) is 75.4 Å². The summed E-state index contributed by atoms with van der Waals surface area (Å²) in [5, 5.41) is 2.25. The maximum atomic E-state index is 13.1. The number of para-hydroxylation sites is 1. The number of amides is 2. The van der Waals surface area contributed by atoms with E-state index in [1.54, 1.807) is 13.1 Å². The van der Waals surface area contributed by atoms with Crippen LogP contribution in [0.2, 0.25) is 0 Å². The summed E-state index contributed by atoms with van der Waals surface area (Å²) >= 11 is 0. The van der Waals surface area contributed by atoms with E-state index in [1.165, 1.54) is 23.1 Å². The molecule has 0 saturated heterocycles. The van der Waals surface area contributed by atoms with E-state index in [4.69, 9.17) is 4.42 Å². The van der Waals surface area contributed by atoms with E-state index < -0.39 is 17.6 Å². The number of nitrogens with zero attached hydrogens (tertiary/aromatic N) is 2. The van der Waals surface area contributed by atoms with Crippen LogP contribution in [-0.2, 0) is 22.2 Å². The largest absolute Gasteiger partial charge is 0.441 e. The lowest BCUT2D eigenvalue weighted by atomic mass is 10.1. The number of aromatic nitrogens is 1. The molecule has 0 aliphatic rings. The number of benzene rings is 2. The summed E-state index contributed by atoms with van der Waals surface area (Å²) in [7, 11) is 0. The van der Waals surface area contributed by atoms with Crippen LogP contribution >= 0.6 is 0 Å². The fourth-order valence-corrected chi connectivity index (χ4v) is 3.23. The van der Waals surface area contributed by atoms with Gasteiger partial charge in [0.1, 0.15) is 0 Å². The molecule has 33 heavy (non-hydrogen) atoms. The zero-order valence-corrected chi connectivity index (χ0v) is 18.3. The molecule has 1 aromatic heterocycles. The average molecular weight is 459 g/mol. The van der Waals surface area contributed by atoms with Crippen molar-refractivity contribution in [3.63, 3.8) is 0 Å². The van der Waals surface area contributed by atoms with Crippen LogP contribution in [0.3, 0.4) is 0 Å². The van der Waals surface area contributed by atoms with Gasteiger partial charge in [0.2, 0.25) is 11.8 Å². The van der Waals surface area contributed by atoms with Crippen molar-refractivity contribution in [3.8, 4) is 11.3 Å². The van der Waals surface area contributed by atoms with Crippen molar-refractivity contribution in [2.75, 3.05) is 18.4 Å². The van der Waals surface area contributed by atoms with Gasteiger partial charge in [0.15, 0.2) is 11.7 Å². The highest BCUT2D eigenvalue weighted by atomic mass is 19.4. The first-order valence-electron chi connectivity index (χ1n) is 10.4.